The van der Waals surface area contributed by atoms with Gasteiger partial charge in [-0.1, -0.05) is 0 Å². The van der Waals surface area contributed by atoms with E-state index < -0.39 is 6.10 Å². The van der Waals surface area contributed by atoms with Gasteiger partial charge in [-0.2, -0.15) is 0 Å². The normalized spacial score (nSPS) is 12.8. The van der Waals surface area contributed by atoms with E-state index in [0.29, 0.717) is 5.82 Å². The van der Waals surface area contributed by atoms with Crippen molar-refractivity contribution in [1.82, 2.24) is 14.5 Å². The first-order valence-electron chi connectivity index (χ1n) is 5.18. The second kappa shape index (κ2) is 4.06. The number of aryl methyl sites for hydroxylation is 3. The highest BCUT2D eigenvalue weighted by Gasteiger charge is 2.15. The van der Waals surface area contributed by atoms with Crippen LogP contribution >= 0.6 is 0 Å². The molecule has 0 amide bonds. The molecule has 0 fully saturated rings. The van der Waals surface area contributed by atoms with E-state index in [1.165, 1.54) is 0 Å². The minimum atomic E-state index is -0.694. The third kappa shape index (κ3) is 1.97. The molecule has 0 aliphatic rings. The molecule has 4 nitrogen and oxygen atoms in total. The van der Waals surface area contributed by atoms with Crippen molar-refractivity contribution < 1.29 is 5.11 Å². The smallest absolute Gasteiger partial charge is 0.142 e. The molecule has 1 N–H and O–H groups in total. The molecule has 16 heavy (non-hydrogen) atoms. The van der Waals surface area contributed by atoms with Crippen LogP contribution in [-0.2, 0) is 7.05 Å². The van der Waals surface area contributed by atoms with Crippen LogP contribution in [0.1, 0.15) is 28.9 Å². The molecule has 0 aliphatic heterocycles. The lowest BCUT2D eigenvalue weighted by molar-refractivity contribution is 0.206. The molecule has 0 saturated heterocycles. The van der Waals surface area contributed by atoms with E-state index >= 15 is 0 Å². The monoisotopic (exact) mass is 217 g/mol. The van der Waals surface area contributed by atoms with Crippen LogP contribution in [-0.4, -0.2) is 19.6 Å². The molecule has 1 atom stereocenters. The van der Waals surface area contributed by atoms with Crippen molar-refractivity contribution in [3.8, 4) is 0 Å². The minimum absolute atomic E-state index is 0.644. The summed E-state index contributed by atoms with van der Waals surface area (Å²) in [5, 5.41) is 10.2. The molecular formula is C12H15N3O. The summed E-state index contributed by atoms with van der Waals surface area (Å²) in [4.78, 5) is 8.43. The molecular weight excluding hydrogens is 202 g/mol. The van der Waals surface area contributed by atoms with E-state index in [1.54, 1.807) is 6.20 Å². The zero-order valence-electron chi connectivity index (χ0n) is 9.68. The number of aromatic nitrogens is 3. The van der Waals surface area contributed by atoms with Crippen molar-refractivity contribution in [3.05, 3.63) is 47.3 Å². The third-order valence-electron chi connectivity index (χ3n) is 2.52. The lowest BCUT2D eigenvalue weighted by Crippen LogP contribution is -2.08. The second-order valence-electron chi connectivity index (χ2n) is 3.98. The highest BCUT2D eigenvalue weighted by atomic mass is 16.3. The van der Waals surface area contributed by atoms with E-state index in [0.717, 1.165) is 17.0 Å². The van der Waals surface area contributed by atoms with Crippen LogP contribution in [0.4, 0.5) is 0 Å². The first-order valence-corrected chi connectivity index (χ1v) is 5.18. The number of aliphatic hydroxyl groups is 1. The molecule has 0 radical (unpaired) electrons. The fourth-order valence-electron chi connectivity index (χ4n) is 1.81. The Hall–Kier alpha value is -1.68. The van der Waals surface area contributed by atoms with Gasteiger partial charge in [0, 0.05) is 30.8 Å². The molecule has 2 heterocycles. The maximum atomic E-state index is 10.2. The van der Waals surface area contributed by atoms with Gasteiger partial charge in [0.1, 0.15) is 11.9 Å². The van der Waals surface area contributed by atoms with Crippen LogP contribution in [0, 0.1) is 13.8 Å². The highest BCUT2D eigenvalue weighted by molar-refractivity contribution is 5.26. The first-order chi connectivity index (χ1) is 7.58. The molecule has 4 heteroatoms. The first kappa shape index (κ1) is 10.8. The van der Waals surface area contributed by atoms with E-state index in [2.05, 4.69) is 9.97 Å². The Morgan fingerprint density at radius 3 is 2.38 bits per heavy atom. The lowest BCUT2D eigenvalue weighted by Gasteiger charge is -2.12. The third-order valence-corrected chi connectivity index (χ3v) is 2.52. The fourth-order valence-corrected chi connectivity index (χ4v) is 1.81. The minimum Gasteiger partial charge on any atom is -0.380 e. The number of aliphatic hydroxyl groups excluding tert-OH is 1. The Balaban J connectivity index is 2.41. The summed E-state index contributed by atoms with van der Waals surface area (Å²) in [5.41, 5.74) is 2.64. The van der Waals surface area contributed by atoms with Crippen molar-refractivity contribution in [2.24, 2.45) is 7.05 Å². The quantitative estimate of drug-likeness (QED) is 0.829. The average molecular weight is 217 g/mol. The molecule has 0 aromatic carbocycles. The Morgan fingerprint density at radius 1 is 1.25 bits per heavy atom. The number of hydrogen-bond donors (Lipinski definition) is 1. The standard InChI is InChI=1S/C12H15N3O/c1-8-6-10(7-9(2)14-8)11(16)12-13-4-5-15(12)3/h4-7,11,16H,1-3H3. The summed E-state index contributed by atoms with van der Waals surface area (Å²) in [6, 6.07) is 3.76. The second-order valence-corrected chi connectivity index (χ2v) is 3.98. The molecule has 1 unspecified atom stereocenters. The largest absolute Gasteiger partial charge is 0.380 e. The topological polar surface area (TPSA) is 50.9 Å². The van der Waals surface area contributed by atoms with E-state index in [9.17, 15) is 5.11 Å². The molecule has 0 spiro atoms. The lowest BCUT2D eigenvalue weighted by atomic mass is 10.1. The Morgan fingerprint density at radius 2 is 1.88 bits per heavy atom. The number of nitrogens with zero attached hydrogens (tertiary/aromatic N) is 3. The number of hydrogen-bond acceptors (Lipinski definition) is 3. The highest BCUT2D eigenvalue weighted by Crippen LogP contribution is 2.20. The zero-order chi connectivity index (χ0) is 11.7. The van der Waals surface area contributed by atoms with Gasteiger partial charge in [0.25, 0.3) is 0 Å². The molecule has 0 aliphatic carbocycles. The van der Waals surface area contributed by atoms with Crippen LogP contribution in [0.2, 0.25) is 0 Å². The van der Waals surface area contributed by atoms with Gasteiger partial charge in [-0.3, -0.25) is 4.98 Å². The van der Waals surface area contributed by atoms with Crippen LogP contribution in [0.3, 0.4) is 0 Å². The molecule has 2 aromatic heterocycles. The Kier molecular flexibility index (Phi) is 2.75. The van der Waals surface area contributed by atoms with E-state index in [-0.39, 0.29) is 0 Å². The summed E-state index contributed by atoms with van der Waals surface area (Å²) in [5.74, 6) is 0.644. The molecule has 0 bridgehead atoms. The van der Waals surface area contributed by atoms with Gasteiger partial charge < -0.3 is 9.67 Å². The van der Waals surface area contributed by atoms with Crippen molar-refractivity contribution in [2.45, 2.75) is 20.0 Å². The van der Waals surface area contributed by atoms with E-state index in [4.69, 9.17) is 0 Å². The molecule has 84 valence electrons. The van der Waals surface area contributed by atoms with E-state index in [1.807, 2.05) is 43.8 Å². The van der Waals surface area contributed by atoms with Crippen molar-refractivity contribution >= 4 is 0 Å². The van der Waals surface area contributed by atoms with Gasteiger partial charge in [-0.25, -0.2) is 4.98 Å². The summed E-state index contributed by atoms with van der Waals surface area (Å²) in [6.45, 7) is 3.84. The van der Waals surface area contributed by atoms with Crippen LogP contribution in [0.5, 0.6) is 0 Å². The fraction of sp³-hybridized carbons (Fsp3) is 0.333. The summed E-state index contributed by atoms with van der Waals surface area (Å²) in [7, 11) is 1.87. The maximum Gasteiger partial charge on any atom is 0.142 e. The number of imidazole rings is 1. The van der Waals surface area contributed by atoms with Crippen LogP contribution < -0.4 is 0 Å². The van der Waals surface area contributed by atoms with Gasteiger partial charge >= 0.3 is 0 Å². The maximum absolute atomic E-state index is 10.2. The van der Waals surface area contributed by atoms with Gasteiger partial charge in [0.05, 0.1) is 0 Å². The zero-order valence-corrected chi connectivity index (χ0v) is 9.68. The molecule has 2 rings (SSSR count). The predicted octanol–water partition coefficient (Wildman–Crippen LogP) is 1.51. The van der Waals surface area contributed by atoms with Gasteiger partial charge in [0.15, 0.2) is 0 Å². The average Bonchev–Trinajstić information content (AvgIpc) is 2.62. The van der Waals surface area contributed by atoms with Gasteiger partial charge in [0.2, 0.25) is 0 Å². The summed E-state index contributed by atoms with van der Waals surface area (Å²) in [6.07, 6.45) is 2.80. The molecule has 2 aromatic rings. The Labute approximate surface area is 94.6 Å². The van der Waals surface area contributed by atoms with Crippen molar-refractivity contribution in [3.63, 3.8) is 0 Å². The Bertz CT molecular complexity index is 484. The summed E-state index contributed by atoms with van der Waals surface area (Å²) >= 11 is 0. The summed E-state index contributed by atoms with van der Waals surface area (Å²) < 4.78 is 1.82. The number of rotatable bonds is 2. The van der Waals surface area contributed by atoms with Crippen LogP contribution in [0.25, 0.3) is 0 Å². The van der Waals surface area contributed by atoms with Crippen LogP contribution in [0.15, 0.2) is 24.5 Å². The van der Waals surface area contributed by atoms with Gasteiger partial charge in [-0.15, -0.1) is 0 Å². The van der Waals surface area contributed by atoms with Crippen molar-refractivity contribution in [2.75, 3.05) is 0 Å². The predicted molar refractivity (Wildman–Crippen MR) is 61.0 cm³/mol. The SMILES string of the molecule is Cc1cc(C(O)c2nccn2C)cc(C)n1. The van der Waals surface area contributed by atoms with Gasteiger partial charge in [-0.05, 0) is 31.5 Å². The number of pyridine rings is 1. The molecule has 0 saturated carbocycles. The van der Waals surface area contributed by atoms with Crippen molar-refractivity contribution in [1.29, 1.82) is 0 Å².